The van der Waals surface area contributed by atoms with E-state index in [0.29, 0.717) is 10.6 Å². The predicted molar refractivity (Wildman–Crippen MR) is 52.1 cm³/mol. The van der Waals surface area contributed by atoms with Crippen LogP contribution in [0.2, 0.25) is 0 Å². The Bertz CT molecular complexity index is 407. The summed E-state index contributed by atoms with van der Waals surface area (Å²) in [5.74, 6) is 0.417. The van der Waals surface area contributed by atoms with Gasteiger partial charge >= 0.3 is 0 Å². The molecule has 1 aliphatic rings. The minimum Gasteiger partial charge on any atom is -0.387 e. The average Bonchev–Trinajstić information content (AvgIpc) is 3.01. The molecule has 1 unspecified atom stereocenters. The molecule has 0 heterocycles. The van der Waals surface area contributed by atoms with Gasteiger partial charge in [-0.25, -0.2) is 0 Å². The van der Waals surface area contributed by atoms with Crippen LogP contribution in [0.25, 0.3) is 0 Å². The van der Waals surface area contributed by atoms with Crippen LogP contribution in [0.1, 0.15) is 12.8 Å². The van der Waals surface area contributed by atoms with E-state index in [-0.39, 0.29) is 5.25 Å². The molecule has 3 nitrogen and oxygen atoms in total. The third kappa shape index (κ3) is 1.78. The topological polar surface area (TPSA) is 50.1 Å². The number of benzene rings is 1. The lowest BCUT2D eigenvalue weighted by Gasteiger charge is -2.04. The van der Waals surface area contributed by atoms with Crippen molar-refractivity contribution in [2.45, 2.75) is 23.0 Å². The molecule has 0 N–H and O–H groups in total. The molecule has 0 bridgehead atoms. The van der Waals surface area contributed by atoms with Crippen LogP contribution in [0.3, 0.4) is 0 Å². The number of nitrogens with zero attached hydrogens (tertiary/aromatic N) is 1. The Balaban J connectivity index is 2.31. The number of hydrogen-bond donors (Lipinski definition) is 0. The minimum atomic E-state index is -1.01. The Labute approximate surface area is 84.8 Å². The first kappa shape index (κ1) is 9.22. The van der Waals surface area contributed by atoms with Crippen LogP contribution in [0.4, 0.5) is 0 Å². The predicted octanol–water partition coefficient (Wildman–Crippen LogP) is 1.82. The molecule has 0 aliphatic heterocycles. The van der Waals surface area contributed by atoms with Crippen LogP contribution in [0.15, 0.2) is 29.2 Å². The molecule has 1 atom stereocenters. The van der Waals surface area contributed by atoms with Crippen molar-refractivity contribution in [2.24, 2.45) is 0 Å². The molecule has 1 fully saturated rings. The van der Waals surface area contributed by atoms with Gasteiger partial charge in [0.1, 0.15) is 0 Å². The van der Waals surface area contributed by atoms with Crippen molar-refractivity contribution >= 4 is 10.8 Å². The second-order valence-corrected chi connectivity index (χ2v) is 4.84. The van der Waals surface area contributed by atoms with Gasteiger partial charge in [-0.1, -0.05) is 12.1 Å². The molecule has 0 spiro atoms. The van der Waals surface area contributed by atoms with Crippen molar-refractivity contribution in [2.75, 3.05) is 0 Å². The summed E-state index contributed by atoms with van der Waals surface area (Å²) in [7, 11) is -1.01. The van der Waals surface area contributed by atoms with E-state index in [1.54, 1.807) is 30.5 Å². The summed E-state index contributed by atoms with van der Waals surface area (Å²) < 4.78 is 16.6. The third-order valence-corrected chi connectivity index (χ3v) is 3.90. The molecule has 1 saturated carbocycles. The van der Waals surface area contributed by atoms with Crippen LogP contribution in [0, 0.1) is 11.5 Å². The lowest BCUT2D eigenvalue weighted by atomic mass is 10.3. The fraction of sp³-hybridized carbons (Fsp3) is 0.300. The first-order chi connectivity index (χ1) is 6.83. The Morgan fingerprint density at radius 1 is 1.43 bits per heavy atom. The van der Waals surface area contributed by atoms with E-state index in [0.717, 1.165) is 12.8 Å². The highest BCUT2D eigenvalue weighted by atomic mass is 32.2. The Hall–Kier alpha value is -1.34. The average molecular weight is 207 g/mol. The van der Waals surface area contributed by atoms with Gasteiger partial charge in [-0.3, -0.25) is 4.21 Å². The standard InChI is InChI=1S/C10H9NO2S/c11-7-13-9-3-1-2-4-10(9)14(12)8-5-6-8/h1-4,8H,5-6H2. The van der Waals surface area contributed by atoms with Crippen molar-refractivity contribution in [3.63, 3.8) is 0 Å². The summed E-state index contributed by atoms with van der Waals surface area (Å²) in [6.07, 6.45) is 3.62. The van der Waals surface area contributed by atoms with Gasteiger partial charge in [-0.05, 0) is 25.0 Å². The number of ether oxygens (including phenoxy) is 1. The largest absolute Gasteiger partial charge is 0.387 e. The summed E-state index contributed by atoms with van der Waals surface area (Å²) in [5.41, 5.74) is 0. The van der Waals surface area contributed by atoms with Crippen LogP contribution in [-0.4, -0.2) is 9.46 Å². The monoisotopic (exact) mass is 207 g/mol. The zero-order valence-electron chi connectivity index (χ0n) is 7.47. The first-order valence-electron chi connectivity index (χ1n) is 4.38. The molecule has 1 aromatic rings. The fourth-order valence-corrected chi connectivity index (χ4v) is 2.66. The van der Waals surface area contributed by atoms with Gasteiger partial charge in [0.15, 0.2) is 5.75 Å². The summed E-state index contributed by atoms with van der Waals surface area (Å²) in [6, 6.07) is 6.99. The Kier molecular flexibility index (Phi) is 2.51. The molecular formula is C10H9NO2S. The number of para-hydroxylation sites is 1. The molecule has 72 valence electrons. The normalized spacial score (nSPS) is 17.1. The molecule has 2 rings (SSSR count). The SMILES string of the molecule is N#COc1ccccc1S(=O)C1CC1. The van der Waals surface area contributed by atoms with E-state index in [2.05, 4.69) is 0 Å². The molecule has 14 heavy (non-hydrogen) atoms. The smallest absolute Gasteiger partial charge is 0.292 e. The van der Waals surface area contributed by atoms with Crippen LogP contribution >= 0.6 is 0 Å². The van der Waals surface area contributed by atoms with Crippen LogP contribution in [-0.2, 0) is 10.8 Å². The maximum Gasteiger partial charge on any atom is 0.292 e. The zero-order chi connectivity index (χ0) is 9.97. The summed E-state index contributed by atoms with van der Waals surface area (Å²) in [5, 5.41) is 8.67. The van der Waals surface area contributed by atoms with Gasteiger partial charge in [-0.2, -0.15) is 0 Å². The molecule has 0 radical (unpaired) electrons. The van der Waals surface area contributed by atoms with Gasteiger partial charge in [0.2, 0.25) is 0 Å². The second-order valence-electron chi connectivity index (χ2n) is 3.14. The van der Waals surface area contributed by atoms with Crippen molar-refractivity contribution in [1.29, 1.82) is 5.26 Å². The van der Waals surface area contributed by atoms with E-state index < -0.39 is 10.8 Å². The first-order valence-corrected chi connectivity index (χ1v) is 5.60. The quantitative estimate of drug-likeness (QED) is 0.710. The van der Waals surface area contributed by atoms with E-state index >= 15 is 0 Å². The second kappa shape index (κ2) is 3.81. The molecule has 0 amide bonds. The Morgan fingerprint density at radius 3 is 2.79 bits per heavy atom. The highest BCUT2D eigenvalue weighted by Crippen LogP contribution is 2.34. The molecule has 0 aromatic heterocycles. The highest BCUT2D eigenvalue weighted by Gasteiger charge is 2.30. The number of hydrogen-bond acceptors (Lipinski definition) is 3. The van der Waals surface area contributed by atoms with Gasteiger partial charge in [-0.15, -0.1) is 5.26 Å². The van der Waals surface area contributed by atoms with E-state index in [4.69, 9.17) is 10.00 Å². The summed E-state index contributed by atoms with van der Waals surface area (Å²) in [4.78, 5) is 0.636. The molecule has 4 heteroatoms. The lowest BCUT2D eigenvalue weighted by molar-refractivity contribution is 0.493. The fourth-order valence-electron chi connectivity index (χ4n) is 1.21. The van der Waals surface area contributed by atoms with Gasteiger partial charge < -0.3 is 4.74 Å². The summed E-state index contributed by atoms with van der Waals surface area (Å²) >= 11 is 0. The zero-order valence-corrected chi connectivity index (χ0v) is 8.29. The van der Waals surface area contributed by atoms with Gasteiger partial charge in [0, 0.05) is 5.25 Å². The van der Waals surface area contributed by atoms with Crippen LogP contribution in [0.5, 0.6) is 5.75 Å². The van der Waals surface area contributed by atoms with Crippen molar-refractivity contribution in [3.8, 4) is 12.0 Å². The number of rotatable bonds is 3. The van der Waals surface area contributed by atoms with Crippen LogP contribution < -0.4 is 4.74 Å². The maximum atomic E-state index is 11.8. The minimum absolute atomic E-state index is 0.262. The summed E-state index contributed by atoms with van der Waals surface area (Å²) in [6.45, 7) is 0. The maximum absolute atomic E-state index is 11.8. The lowest BCUT2D eigenvalue weighted by Crippen LogP contribution is -1.99. The van der Waals surface area contributed by atoms with E-state index in [1.807, 2.05) is 0 Å². The molecule has 0 saturated heterocycles. The molecule has 1 aromatic carbocycles. The highest BCUT2D eigenvalue weighted by molar-refractivity contribution is 7.86. The van der Waals surface area contributed by atoms with E-state index in [9.17, 15) is 4.21 Å². The Morgan fingerprint density at radius 2 is 2.14 bits per heavy atom. The third-order valence-electron chi connectivity index (χ3n) is 2.05. The van der Waals surface area contributed by atoms with Gasteiger partial charge in [0.05, 0.1) is 15.7 Å². The van der Waals surface area contributed by atoms with Crippen molar-refractivity contribution in [1.82, 2.24) is 0 Å². The van der Waals surface area contributed by atoms with E-state index in [1.165, 1.54) is 0 Å². The van der Waals surface area contributed by atoms with Crippen molar-refractivity contribution in [3.05, 3.63) is 24.3 Å². The molecule has 1 aliphatic carbocycles. The van der Waals surface area contributed by atoms with Crippen molar-refractivity contribution < 1.29 is 8.95 Å². The number of nitriles is 1. The van der Waals surface area contributed by atoms with Gasteiger partial charge in [0.25, 0.3) is 6.26 Å². The molecular weight excluding hydrogens is 198 g/mol.